The second kappa shape index (κ2) is 9.45. The van der Waals surface area contributed by atoms with E-state index in [0.717, 1.165) is 25.7 Å². The second-order valence-corrected chi connectivity index (χ2v) is 7.93. The van der Waals surface area contributed by atoms with E-state index in [-0.39, 0.29) is 12.1 Å². The fourth-order valence-electron chi connectivity index (χ4n) is 3.18. The average Bonchev–Trinajstić information content (AvgIpc) is 2.62. The molecule has 0 heterocycles. The number of carbonyl (C=O) groups excluding carboxylic acids is 2. The van der Waals surface area contributed by atoms with E-state index < -0.39 is 17.7 Å². The Morgan fingerprint density at radius 1 is 1.18 bits per heavy atom. The Hall–Kier alpha value is -2.75. The van der Waals surface area contributed by atoms with Gasteiger partial charge in [0.25, 0.3) is 0 Å². The molecule has 7 heteroatoms. The van der Waals surface area contributed by atoms with E-state index in [1.54, 1.807) is 25.1 Å². The van der Waals surface area contributed by atoms with Gasteiger partial charge in [0.1, 0.15) is 11.7 Å². The summed E-state index contributed by atoms with van der Waals surface area (Å²) in [5.41, 5.74) is 1.03. The fourth-order valence-corrected chi connectivity index (χ4v) is 3.18. The van der Waals surface area contributed by atoms with Gasteiger partial charge >= 0.3 is 12.1 Å². The van der Waals surface area contributed by atoms with Crippen LogP contribution in [-0.4, -0.2) is 36.4 Å². The van der Waals surface area contributed by atoms with Gasteiger partial charge in [0, 0.05) is 12.1 Å². The van der Waals surface area contributed by atoms with Crippen LogP contribution in [0.25, 0.3) is 0 Å². The molecular formula is C21H29N3O4. The van der Waals surface area contributed by atoms with E-state index in [2.05, 4.69) is 16.7 Å². The molecular weight excluding hydrogens is 358 g/mol. The zero-order valence-electron chi connectivity index (χ0n) is 17.0. The third kappa shape index (κ3) is 6.45. The third-order valence-corrected chi connectivity index (χ3v) is 4.46. The van der Waals surface area contributed by atoms with E-state index in [9.17, 15) is 14.9 Å². The summed E-state index contributed by atoms with van der Waals surface area (Å²) < 4.78 is 10.3. The number of hydrogen-bond acceptors (Lipinski definition) is 6. The fraction of sp³-hybridized carbons (Fsp3) is 0.571. The van der Waals surface area contributed by atoms with Gasteiger partial charge in [-0.15, -0.1) is 0 Å². The van der Waals surface area contributed by atoms with Gasteiger partial charge in [-0.1, -0.05) is 0 Å². The smallest absolute Gasteiger partial charge is 0.407 e. The molecule has 1 saturated carbocycles. The number of amides is 1. The predicted molar refractivity (Wildman–Crippen MR) is 106 cm³/mol. The zero-order valence-corrected chi connectivity index (χ0v) is 17.0. The van der Waals surface area contributed by atoms with Gasteiger partial charge in [0.15, 0.2) is 0 Å². The molecule has 0 aromatic heterocycles. The maximum Gasteiger partial charge on any atom is 0.407 e. The van der Waals surface area contributed by atoms with Crippen LogP contribution in [0.4, 0.5) is 10.5 Å². The van der Waals surface area contributed by atoms with Crippen LogP contribution in [-0.2, 0) is 9.47 Å². The maximum atomic E-state index is 11.9. The third-order valence-electron chi connectivity index (χ3n) is 4.46. The minimum atomic E-state index is -0.513. The maximum absolute atomic E-state index is 11.9. The molecule has 0 radical (unpaired) electrons. The first-order valence-electron chi connectivity index (χ1n) is 9.69. The van der Waals surface area contributed by atoms with Crippen molar-refractivity contribution >= 4 is 17.7 Å². The summed E-state index contributed by atoms with van der Waals surface area (Å²) in [7, 11) is 0. The summed E-state index contributed by atoms with van der Waals surface area (Å²) >= 11 is 0. The van der Waals surface area contributed by atoms with E-state index in [0.29, 0.717) is 23.4 Å². The number of hydrogen-bond donors (Lipinski definition) is 2. The zero-order chi connectivity index (χ0) is 20.7. The van der Waals surface area contributed by atoms with Crippen molar-refractivity contribution in [2.45, 2.75) is 71.1 Å². The Balaban J connectivity index is 1.93. The largest absolute Gasteiger partial charge is 0.462 e. The molecule has 1 aliphatic rings. The van der Waals surface area contributed by atoms with Gasteiger partial charge < -0.3 is 20.1 Å². The lowest BCUT2D eigenvalue weighted by atomic mass is 9.91. The molecule has 1 aliphatic carbocycles. The number of ether oxygens (including phenoxy) is 2. The summed E-state index contributed by atoms with van der Waals surface area (Å²) in [5.74, 6) is -0.402. The van der Waals surface area contributed by atoms with E-state index in [1.807, 2.05) is 20.8 Å². The van der Waals surface area contributed by atoms with Gasteiger partial charge in [0.2, 0.25) is 0 Å². The number of nitrogens with one attached hydrogen (secondary N) is 2. The minimum Gasteiger partial charge on any atom is -0.462 e. The van der Waals surface area contributed by atoms with Crippen LogP contribution in [0.5, 0.6) is 0 Å². The van der Waals surface area contributed by atoms with Gasteiger partial charge in [0.05, 0.1) is 23.4 Å². The number of nitriles is 1. The van der Waals surface area contributed by atoms with Crippen molar-refractivity contribution in [3.63, 3.8) is 0 Å². The predicted octanol–water partition coefficient (Wildman–Crippen LogP) is 3.98. The summed E-state index contributed by atoms with van der Waals surface area (Å²) in [5, 5.41) is 15.6. The first kappa shape index (κ1) is 21.5. The summed E-state index contributed by atoms with van der Waals surface area (Å²) in [6.45, 7) is 7.57. The van der Waals surface area contributed by atoms with E-state index in [1.165, 1.54) is 0 Å². The monoisotopic (exact) mass is 387 g/mol. The highest BCUT2D eigenvalue weighted by atomic mass is 16.6. The van der Waals surface area contributed by atoms with Crippen LogP contribution in [0.3, 0.4) is 0 Å². The number of alkyl carbamates (subject to hydrolysis) is 1. The summed E-state index contributed by atoms with van der Waals surface area (Å²) in [6.07, 6.45) is 2.93. The Morgan fingerprint density at radius 2 is 1.82 bits per heavy atom. The van der Waals surface area contributed by atoms with Crippen molar-refractivity contribution in [3.05, 3.63) is 29.3 Å². The number of anilines is 1. The standard InChI is InChI=1S/C21H29N3O4/c1-5-27-19(25)14-6-7-15(13-22)18(12-14)23-16-8-10-17(11-9-16)24-20(26)28-21(2,3)4/h6-7,12,16-17,23H,5,8-11H2,1-4H3,(H,24,26)/t16-,17-. The quantitative estimate of drug-likeness (QED) is 0.741. The van der Waals surface area contributed by atoms with E-state index in [4.69, 9.17) is 9.47 Å². The molecule has 28 heavy (non-hydrogen) atoms. The van der Waals surface area contributed by atoms with Gasteiger partial charge in [-0.2, -0.15) is 5.26 Å². The Morgan fingerprint density at radius 3 is 2.39 bits per heavy atom. The molecule has 0 spiro atoms. The van der Waals surface area contributed by atoms with Crippen LogP contribution < -0.4 is 10.6 Å². The Labute approximate surface area is 166 Å². The normalized spacial score (nSPS) is 19.2. The lowest BCUT2D eigenvalue weighted by Crippen LogP contribution is -2.42. The van der Waals surface area contributed by atoms with Crippen molar-refractivity contribution in [1.82, 2.24) is 5.32 Å². The minimum absolute atomic E-state index is 0.0780. The molecule has 1 aromatic carbocycles. The molecule has 0 atom stereocenters. The average molecular weight is 387 g/mol. The van der Waals surface area contributed by atoms with Crippen LogP contribution >= 0.6 is 0 Å². The first-order chi connectivity index (χ1) is 13.2. The Kier molecular flexibility index (Phi) is 7.27. The molecule has 0 bridgehead atoms. The van der Waals surface area contributed by atoms with Crippen molar-refractivity contribution in [2.75, 3.05) is 11.9 Å². The lowest BCUT2D eigenvalue weighted by Gasteiger charge is -2.31. The van der Waals surface area contributed by atoms with Crippen LogP contribution in [0.1, 0.15) is 69.3 Å². The number of benzene rings is 1. The highest BCUT2D eigenvalue weighted by molar-refractivity contribution is 5.91. The SMILES string of the molecule is CCOC(=O)c1ccc(C#N)c(N[C@H]2CC[C@H](NC(=O)OC(C)(C)C)CC2)c1. The second-order valence-electron chi connectivity index (χ2n) is 7.93. The number of esters is 1. The molecule has 1 aromatic rings. The molecule has 0 aliphatic heterocycles. The molecule has 2 rings (SSSR count). The van der Waals surface area contributed by atoms with Crippen molar-refractivity contribution in [2.24, 2.45) is 0 Å². The van der Waals surface area contributed by atoms with Gasteiger partial charge in [-0.05, 0) is 71.6 Å². The molecule has 1 fully saturated rings. The lowest BCUT2D eigenvalue weighted by molar-refractivity contribution is 0.0489. The molecule has 0 saturated heterocycles. The van der Waals surface area contributed by atoms with Crippen LogP contribution in [0, 0.1) is 11.3 Å². The van der Waals surface area contributed by atoms with Crippen molar-refractivity contribution in [3.8, 4) is 6.07 Å². The highest BCUT2D eigenvalue weighted by Gasteiger charge is 2.25. The Bertz CT molecular complexity index is 741. The number of rotatable bonds is 5. The van der Waals surface area contributed by atoms with Crippen LogP contribution in [0.15, 0.2) is 18.2 Å². The van der Waals surface area contributed by atoms with Crippen LogP contribution in [0.2, 0.25) is 0 Å². The summed E-state index contributed by atoms with van der Waals surface area (Å²) in [4.78, 5) is 23.9. The molecule has 152 valence electrons. The van der Waals surface area contributed by atoms with Gasteiger partial charge in [-0.3, -0.25) is 0 Å². The first-order valence-corrected chi connectivity index (χ1v) is 9.69. The number of nitrogens with zero attached hydrogens (tertiary/aromatic N) is 1. The van der Waals surface area contributed by atoms with Crippen molar-refractivity contribution in [1.29, 1.82) is 5.26 Å². The van der Waals surface area contributed by atoms with Gasteiger partial charge in [-0.25, -0.2) is 9.59 Å². The molecule has 1 amide bonds. The number of carbonyl (C=O) groups is 2. The highest BCUT2D eigenvalue weighted by Crippen LogP contribution is 2.25. The topological polar surface area (TPSA) is 100 Å². The molecule has 0 unspecified atom stereocenters. The summed E-state index contributed by atoms with van der Waals surface area (Å²) in [6, 6.07) is 7.30. The van der Waals surface area contributed by atoms with E-state index >= 15 is 0 Å². The van der Waals surface area contributed by atoms with Crippen molar-refractivity contribution < 1.29 is 19.1 Å². The molecule has 2 N–H and O–H groups in total. The molecule has 7 nitrogen and oxygen atoms in total.